The molecule has 1 saturated heterocycles. The van der Waals surface area contributed by atoms with Crippen molar-refractivity contribution in [2.75, 3.05) is 25.5 Å². The van der Waals surface area contributed by atoms with E-state index in [0.29, 0.717) is 36.5 Å². The SMILES string of the molecule is COC(=O)c1sc(-c2ccccc2)cc1NC(=O)NC1CCN(C(=O)OC(C)(C)C)CC1. The molecule has 0 unspecified atom stereocenters. The summed E-state index contributed by atoms with van der Waals surface area (Å²) in [5, 5.41) is 5.71. The summed E-state index contributed by atoms with van der Waals surface area (Å²) >= 11 is 1.27. The summed E-state index contributed by atoms with van der Waals surface area (Å²) in [6.07, 6.45) is 0.903. The number of benzene rings is 1. The average Bonchev–Trinajstić information content (AvgIpc) is 3.16. The summed E-state index contributed by atoms with van der Waals surface area (Å²) in [4.78, 5) is 39.9. The van der Waals surface area contributed by atoms with Crippen LogP contribution in [0.25, 0.3) is 10.4 Å². The predicted octanol–water partition coefficient (Wildman–Crippen LogP) is 4.72. The van der Waals surface area contributed by atoms with Crippen LogP contribution in [0.2, 0.25) is 0 Å². The third-order valence-electron chi connectivity index (χ3n) is 4.89. The Morgan fingerprint density at radius 1 is 1.09 bits per heavy atom. The smallest absolute Gasteiger partial charge is 0.410 e. The first-order chi connectivity index (χ1) is 15.2. The Morgan fingerprint density at radius 3 is 2.34 bits per heavy atom. The van der Waals surface area contributed by atoms with Crippen LogP contribution in [0.15, 0.2) is 36.4 Å². The molecule has 3 rings (SSSR count). The van der Waals surface area contributed by atoms with E-state index in [9.17, 15) is 14.4 Å². The zero-order valence-corrected chi connectivity index (χ0v) is 19.6. The van der Waals surface area contributed by atoms with E-state index in [1.807, 2.05) is 51.1 Å². The lowest BCUT2D eigenvalue weighted by molar-refractivity contribution is 0.0201. The molecule has 3 amide bonds. The van der Waals surface area contributed by atoms with Crippen molar-refractivity contribution in [3.63, 3.8) is 0 Å². The van der Waals surface area contributed by atoms with Gasteiger partial charge >= 0.3 is 18.1 Å². The van der Waals surface area contributed by atoms with Gasteiger partial charge in [-0.15, -0.1) is 11.3 Å². The number of carbonyl (C=O) groups is 3. The molecule has 0 atom stereocenters. The van der Waals surface area contributed by atoms with E-state index in [1.54, 1.807) is 11.0 Å². The number of hydrogen-bond acceptors (Lipinski definition) is 6. The molecule has 2 N–H and O–H groups in total. The zero-order valence-electron chi connectivity index (χ0n) is 18.8. The maximum Gasteiger partial charge on any atom is 0.410 e. The van der Waals surface area contributed by atoms with Crippen LogP contribution in [0.4, 0.5) is 15.3 Å². The highest BCUT2D eigenvalue weighted by molar-refractivity contribution is 7.18. The number of thiophene rings is 1. The van der Waals surface area contributed by atoms with Crippen molar-refractivity contribution < 1.29 is 23.9 Å². The van der Waals surface area contributed by atoms with Crippen LogP contribution in [0.5, 0.6) is 0 Å². The number of piperidine rings is 1. The van der Waals surface area contributed by atoms with E-state index >= 15 is 0 Å². The molecule has 0 aliphatic carbocycles. The minimum absolute atomic E-state index is 0.0810. The first kappa shape index (κ1) is 23.6. The lowest BCUT2D eigenvalue weighted by Gasteiger charge is -2.33. The fraction of sp³-hybridized carbons (Fsp3) is 0.435. The summed E-state index contributed by atoms with van der Waals surface area (Å²) < 4.78 is 10.3. The van der Waals surface area contributed by atoms with Gasteiger partial charge in [-0.1, -0.05) is 30.3 Å². The minimum Gasteiger partial charge on any atom is -0.465 e. The van der Waals surface area contributed by atoms with Crippen LogP contribution >= 0.6 is 11.3 Å². The van der Waals surface area contributed by atoms with Crippen LogP contribution < -0.4 is 10.6 Å². The van der Waals surface area contributed by atoms with Crippen molar-refractivity contribution in [1.82, 2.24) is 10.2 Å². The number of anilines is 1. The van der Waals surface area contributed by atoms with Gasteiger partial charge in [-0.05, 0) is 45.2 Å². The Bertz CT molecular complexity index is 960. The molecule has 0 spiro atoms. The molecule has 2 aromatic rings. The Hall–Kier alpha value is -3.07. The van der Waals surface area contributed by atoms with E-state index in [4.69, 9.17) is 9.47 Å². The molecule has 32 heavy (non-hydrogen) atoms. The normalized spacial score (nSPS) is 14.6. The predicted molar refractivity (Wildman–Crippen MR) is 124 cm³/mol. The molecule has 0 radical (unpaired) electrons. The van der Waals surface area contributed by atoms with Crippen LogP contribution in [0.1, 0.15) is 43.3 Å². The average molecular weight is 460 g/mol. The summed E-state index contributed by atoms with van der Waals surface area (Å²) in [5.41, 5.74) is 0.817. The number of amides is 3. The minimum atomic E-state index is -0.539. The largest absolute Gasteiger partial charge is 0.465 e. The number of carbonyl (C=O) groups excluding carboxylic acids is 3. The van der Waals surface area contributed by atoms with E-state index in [0.717, 1.165) is 10.4 Å². The second kappa shape index (κ2) is 10.0. The first-order valence-electron chi connectivity index (χ1n) is 10.5. The van der Waals surface area contributed by atoms with E-state index in [2.05, 4.69) is 10.6 Å². The molecule has 1 aromatic heterocycles. The van der Waals surface area contributed by atoms with E-state index in [-0.39, 0.29) is 12.1 Å². The maximum atomic E-state index is 12.6. The fourth-order valence-electron chi connectivity index (χ4n) is 3.35. The number of likely N-dealkylation sites (tertiary alicyclic amines) is 1. The standard InChI is InChI=1S/C23H29N3O5S/c1-23(2,3)31-22(29)26-12-10-16(11-13-26)24-21(28)25-17-14-18(15-8-6-5-7-9-15)32-19(17)20(27)30-4/h5-9,14,16H,10-13H2,1-4H3,(H2,24,25,28). The van der Waals surface area contributed by atoms with Crippen molar-refractivity contribution in [1.29, 1.82) is 0 Å². The van der Waals surface area contributed by atoms with Gasteiger partial charge in [-0.3, -0.25) is 0 Å². The number of ether oxygens (including phenoxy) is 2. The monoisotopic (exact) mass is 459 g/mol. The Labute approximate surface area is 191 Å². The lowest BCUT2D eigenvalue weighted by Crippen LogP contribution is -2.48. The van der Waals surface area contributed by atoms with Gasteiger partial charge < -0.3 is 25.0 Å². The summed E-state index contributed by atoms with van der Waals surface area (Å²) in [7, 11) is 1.31. The second-order valence-corrected chi connectivity index (χ2v) is 9.60. The highest BCUT2D eigenvalue weighted by Crippen LogP contribution is 2.35. The van der Waals surface area contributed by atoms with Crippen LogP contribution in [-0.2, 0) is 9.47 Å². The van der Waals surface area contributed by atoms with Crippen LogP contribution in [0.3, 0.4) is 0 Å². The number of nitrogens with one attached hydrogen (secondary N) is 2. The van der Waals surface area contributed by atoms with Crippen molar-refractivity contribution in [3.8, 4) is 10.4 Å². The van der Waals surface area contributed by atoms with Gasteiger partial charge in [0.05, 0.1) is 12.8 Å². The molecule has 1 aromatic carbocycles. The molecule has 0 saturated carbocycles. The molecule has 2 heterocycles. The number of rotatable bonds is 4. The highest BCUT2D eigenvalue weighted by atomic mass is 32.1. The fourth-order valence-corrected chi connectivity index (χ4v) is 4.39. The lowest BCUT2D eigenvalue weighted by atomic mass is 10.1. The highest BCUT2D eigenvalue weighted by Gasteiger charge is 2.28. The van der Waals surface area contributed by atoms with Gasteiger partial charge in [0.25, 0.3) is 0 Å². The van der Waals surface area contributed by atoms with Crippen molar-refractivity contribution in [2.45, 2.75) is 45.3 Å². The number of urea groups is 1. The van der Waals surface area contributed by atoms with Crippen molar-refractivity contribution >= 4 is 35.1 Å². The van der Waals surface area contributed by atoms with Crippen LogP contribution in [0, 0.1) is 0 Å². The number of hydrogen-bond donors (Lipinski definition) is 2. The van der Waals surface area contributed by atoms with Gasteiger partial charge in [-0.2, -0.15) is 0 Å². The molecular weight excluding hydrogens is 430 g/mol. The molecule has 1 fully saturated rings. The maximum absolute atomic E-state index is 12.6. The molecular formula is C23H29N3O5S. The number of esters is 1. The quantitative estimate of drug-likeness (QED) is 0.645. The van der Waals surface area contributed by atoms with Crippen molar-refractivity contribution in [2.24, 2.45) is 0 Å². The molecule has 9 heteroatoms. The van der Waals surface area contributed by atoms with E-state index < -0.39 is 17.6 Å². The van der Waals surface area contributed by atoms with Gasteiger partial charge in [-0.25, -0.2) is 14.4 Å². The van der Waals surface area contributed by atoms with Crippen molar-refractivity contribution in [3.05, 3.63) is 41.3 Å². The second-order valence-electron chi connectivity index (χ2n) is 8.55. The van der Waals surface area contributed by atoms with Gasteiger partial charge in [0.2, 0.25) is 0 Å². The molecule has 8 nitrogen and oxygen atoms in total. The molecule has 1 aliphatic heterocycles. The zero-order chi connectivity index (χ0) is 23.3. The van der Waals surface area contributed by atoms with Gasteiger partial charge in [0.15, 0.2) is 0 Å². The number of methoxy groups -OCH3 is 1. The summed E-state index contributed by atoms with van der Waals surface area (Å²) in [6, 6.07) is 10.9. The first-order valence-corrected chi connectivity index (χ1v) is 11.3. The summed E-state index contributed by atoms with van der Waals surface area (Å²) in [5.74, 6) is -0.502. The molecule has 0 bridgehead atoms. The molecule has 1 aliphatic rings. The van der Waals surface area contributed by atoms with Crippen LogP contribution in [-0.4, -0.2) is 54.8 Å². The third kappa shape index (κ3) is 6.23. The van der Waals surface area contributed by atoms with Gasteiger partial charge in [0.1, 0.15) is 10.5 Å². The Balaban J connectivity index is 1.60. The van der Waals surface area contributed by atoms with Gasteiger partial charge in [0, 0.05) is 24.0 Å². The summed E-state index contributed by atoms with van der Waals surface area (Å²) in [6.45, 7) is 6.51. The van der Waals surface area contributed by atoms with E-state index in [1.165, 1.54) is 18.4 Å². The topological polar surface area (TPSA) is 97.0 Å². The Kier molecular flexibility index (Phi) is 7.40. The Morgan fingerprint density at radius 2 is 1.75 bits per heavy atom. The number of nitrogens with zero attached hydrogens (tertiary/aromatic N) is 1. The third-order valence-corrected chi connectivity index (χ3v) is 6.06. The molecule has 172 valence electrons.